The van der Waals surface area contributed by atoms with Crippen molar-refractivity contribution in [1.29, 1.82) is 0 Å². The van der Waals surface area contributed by atoms with E-state index in [0.717, 1.165) is 0 Å². The number of nitrogens with two attached hydrogens (primary N) is 1. The summed E-state index contributed by atoms with van der Waals surface area (Å²) in [5, 5.41) is 0.388. The minimum atomic E-state index is -1.09. The molecule has 0 saturated carbocycles. The first kappa shape index (κ1) is 12.9. The highest BCUT2D eigenvalue weighted by Gasteiger charge is 2.21. The maximum absolute atomic E-state index is 11.3. The molecule has 0 radical (unpaired) electrons. The predicted molar refractivity (Wildman–Crippen MR) is 54.2 cm³/mol. The molecule has 0 aromatic heterocycles. The Bertz CT molecular complexity index is 347. The summed E-state index contributed by atoms with van der Waals surface area (Å²) >= 11 is 0. The van der Waals surface area contributed by atoms with Crippen LogP contribution in [0, 0.1) is 0 Å². The Morgan fingerprint density at radius 3 is 1.87 bits per heavy atom. The number of primary amides is 1. The smallest absolute Gasteiger partial charge is 0.341 e. The molecule has 4 amide bonds. The lowest BCUT2D eigenvalue weighted by Crippen LogP contribution is -2.52. The largest absolute Gasteiger partial charge is 0.350 e. The van der Waals surface area contributed by atoms with Gasteiger partial charge >= 0.3 is 6.03 Å². The molecular weight excluding hydrogens is 198 g/mol. The summed E-state index contributed by atoms with van der Waals surface area (Å²) in [5.41, 5.74) is 7.14. The summed E-state index contributed by atoms with van der Waals surface area (Å²) in [4.78, 5) is 33.3. The normalized spacial score (nSPS) is 8.93. The molecule has 3 N–H and O–H groups in total. The van der Waals surface area contributed by atoms with Crippen molar-refractivity contribution in [3.05, 3.63) is 24.3 Å². The number of amides is 4. The van der Waals surface area contributed by atoms with E-state index in [1.807, 2.05) is 5.43 Å². The van der Waals surface area contributed by atoms with E-state index in [-0.39, 0.29) is 11.1 Å². The molecule has 0 spiro atoms. The molecule has 0 heterocycles. The second-order valence-electron chi connectivity index (χ2n) is 2.98. The molecular formula is C9H13N3O3. The van der Waals surface area contributed by atoms with Crippen molar-refractivity contribution in [3.63, 3.8) is 0 Å². The van der Waals surface area contributed by atoms with Crippen LogP contribution in [0.2, 0.25) is 0 Å². The minimum Gasteiger partial charge on any atom is -0.350 e. The molecule has 0 bridgehead atoms. The highest BCUT2D eigenvalue weighted by molar-refractivity contribution is 6.05. The quantitative estimate of drug-likeness (QED) is 0.500. The Morgan fingerprint density at radius 1 is 1.13 bits per heavy atom. The number of hydrogen-bond donors (Lipinski definition) is 2. The highest BCUT2D eigenvalue weighted by Crippen LogP contribution is 1.97. The number of nitrogens with zero attached hydrogens (tertiary/aromatic N) is 1. The van der Waals surface area contributed by atoms with Gasteiger partial charge in [0.25, 0.3) is 11.8 Å². The molecule has 6 heteroatoms. The van der Waals surface area contributed by atoms with Gasteiger partial charge in [0.15, 0.2) is 0 Å². The number of hydrogen-bond acceptors (Lipinski definition) is 3. The molecule has 82 valence electrons. The molecule has 0 atom stereocenters. The van der Waals surface area contributed by atoms with Crippen LogP contribution >= 0.6 is 0 Å². The van der Waals surface area contributed by atoms with Gasteiger partial charge in [-0.2, -0.15) is 5.01 Å². The van der Waals surface area contributed by atoms with Crippen LogP contribution in [0.3, 0.4) is 0 Å². The lowest BCUT2D eigenvalue weighted by atomic mass is 10.3. The van der Waals surface area contributed by atoms with Crippen LogP contribution in [0.4, 0.5) is 4.79 Å². The zero-order valence-corrected chi connectivity index (χ0v) is 8.66. The molecule has 0 aliphatic heterocycles. The molecule has 0 aromatic carbocycles. The van der Waals surface area contributed by atoms with Gasteiger partial charge in [0.05, 0.1) is 0 Å². The Kier molecular flexibility index (Phi) is 4.25. The lowest BCUT2D eigenvalue weighted by Gasteiger charge is -2.18. The van der Waals surface area contributed by atoms with Gasteiger partial charge in [-0.3, -0.25) is 15.0 Å². The van der Waals surface area contributed by atoms with E-state index in [2.05, 4.69) is 13.2 Å². The van der Waals surface area contributed by atoms with Crippen molar-refractivity contribution in [3.8, 4) is 0 Å². The Hall–Kier alpha value is -2.11. The summed E-state index contributed by atoms with van der Waals surface area (Å²) in [6.07, 6.45) is 0. The summed E-state index contributed by atoms with van der Waals surface area (Å²) < 4.78 is 0. The monoisotopic (exact) mass is 211 g/mol. The number of urea groups is 1. The van der Waals surface area contributed by atoms with Crippen molar-refractivity contribution in [1.82, 2.24) is 10.4 Å². The summed E-state index contributed by atoms with van der Waals surface area (Å²) in [6, 6.07) is -1.09. The van der Waals surface area contributed by atoms with Crippen LogP contribution < -0.4 is 11.2 Å². The first-order chi connectivity index (χ1) is 6.77. The Labute approximate surface area is 87.4 Å². The average molecular weight is 211 g/mol. The van der Waals surface area contributed by atoms with E-state index in [9.17, 15) is 14.4 Å². The molecule has 0 fully saturated rings. The zero-order valence-electron chi connectivity index (χ0n) is 8.66. The number of nitrogens with one attached hydrogen (secondary N) is 1. The fraction of sp³-hybridized carbons (Fsp3) is 0.222. The van der Waals surface area contributed by atoms with Crippen LogP contribution in [0.5, 0.6) is 0 Å². The van der Waals surface area contributed by atoms with E-state index >= 15 is 0 Å². The third-order valence-electron chi connectivity index (χ3n) is 1.39. The molecule has 6 nitrogen and oxygen atoms in total. The molecule has 0 unspecified atom stereocenters. The fourth-order valence-corrected chi connectivity index (χ4v) is 0.594. The third-order valence-corrected chi connectivity index (χ3v) is 1.39. The molecule has 0 rings (SSSR count). The summed E-state index contributed by atoms with van der Waals surface area (Å²) in [7, 11) is 0. The number of imide groups is 1. The Balaban J connectivity index is 4.78. The van der Waals surface area contributed by atoms with Gasteiger partial charge in [-0.25, -0.2) is 4.79 Å². The van der Waals surface area contributed by atoms with Crippen LogP contribution in [-0.4, -0.2) is 22.9 Å². The summed E-state index contributed by atoms with van der Waals surface area (Å²) in [5.74, 6) is -1.43. The molecule has 0 saturated heterocycles. The van der Waals surface area contributed by atoms with Gasteiger partial charge in [0.2, 0.25) is 0 Å². The van der Waals surface area contributed by atoms with Gasteiger partial charge in [0, 0.05) is 11.1 Å². The maximum atomic E-state index is 11.3. The lowest BCUT2D eigenvalue weighted by molar-refractivity contribution is -0.133. The third kappa shape index (κ3) is 3.63. The van der Waals surface area contributed by atoms with E-state index < -0.39 is 17.8 Å². The average Bonchev–Trinajstić information content (AvgIpc) is 2.11. The predicted octanol–water partition coefficient (Wildman–Crippen LogP) is 0.0771. The van der Waals surface area contributed by atoms with Crippen LogP contribution in [0.15, 0.2) is 24.3 Å². The van der Waals surface area contributed by atoms with E-state index in [1.165, 1.54) is 13.8 Å². The SMILES string of the molecule is C=C(C)C(=O)NN(C(N)=O)C(=O)C(=C)C. The van der Waals surface area contributed by atoms with E-state index in [1.54, 1.807) is 0 Å². The number of hydrazine groups is 1. The number of carbonyl (C=O) groups is 3. The second kappa shape index (κ2) is 4.94. The van der Waals surface area contributed by atoms with Gasteiger partial charge in [-0.05, 0) is 13.8 Å². The molecule has 15 heavy (non-hydrogen) atoms. The molecule has 0 aromatic rings. The second-order valence-corrected chi connectivity index (χ2v) is 2.98. The standard InChI is InChI=1S/C9H13N3O3/c1-5(2)7(13)11-12(9(10)15)8(14)6(3)4/h1,3H2,2,4H3,(H2,10,15)(H,11,13). The van der Waals surface area contributed by atoms with E-state index in [4.69, 9.17) is 5.73 Å². The number of carbonyl (C=O) groups excluding carboxylic acids is 3. The van der Waals surface area contributed by atoms with Crippen molar-refractivity contribution in [2.24, 2.45) is 5.73 Å². The van der Waals surface area contributed by atoms with Gasteiger partial charge in [-0.1, -0.05) is 13.2 Å². The highest BCUT2D eigenvalue weighted by atomic mass is 16.2. The number of rotatable bonds is 2. The van der Waals surface area contributed by atoms with Crippen LogP contribution in [0.25, 0.3) is 0 Å². The van der Waals surface area contributed by atoms with E-state index in [0.29, 0.717) is 5.01 Å². The first-order valence-electron chi connectivity index (χ1n) is 4.03. The fourth-order valence-electron chi connectivity index (χ4n) is 0.594. The zero-order chi connectivity index (χ0) is 12.2. The maximum Gasteiger partial charge on any atom is 0.341 e. The Morgan fingerprint density at radius 2 is 1.60 bits per heavy atom. The van der Waals surface area contributed by atoms with Crippen LogP contribution in [0.1, 0.15) is 13.8 Å². The van der Waals surface area contributed by atoms with Gasteiger partial charge in [-0.15, -0.1) is 0 Å². The van der Waals surface area contributed by atoms with Crippen molar-refractivity contribution in [2.75, 3.05) is 0 Å². The minimum absolute atomic E-state index is 0.0795. The van der Waals surface area contributed by atoms with Gasteiger partial charge in [0.1, 0.15) is 0 Å². The van der Waals surface area contributed by atoms with Crippen LogP contribution in [-0.2, 0) is 9.59 Å². The van der Waals surface area contributed by atoms with Crippen molar-refractivity contribution in [2.45, 2.75) is 13.8 Å². The summed E-state index contributed by atoms with van der Waals surface area (Å²) in [6.45, 7) is 9.51. The first-order valence-corrected chi connectivity index (χ1v) is 4.03. The van der Waals surface area contributed by atoms with Gasteiger partial charge < -0.3 is 5.73 Å². The van der Waals surface area contributed by atoms with Crippen molar-refractivity contribution < 1.29 is 14.4 Å². The molecule has 0 aliphatic rings. The topological polar surface area (TPSA) is 92.5 Å². The molecule has 0 aliphatic carbocycles. The van der Waals surface area contributed by atoms with Crippen molar-refractivity contribution >= 4 is 17.8 Å².